The zero-order chi connectivity index (χ0) is 12.1. The molecular formula is C14H22FN. The molecule has 0 bridgehead atoms. The molecule has 1 aromatic carbocycles. The molecule has 1 rings (SSSR count). The molecule has 1 nitrogen and oxygen atoms in total. The fourth-order valence-corrected chi connectivity index (χ4v) is 1.92. The number of rotatable bonds is 5. The molecule has 0 amide bonds. The summed E-state index contributed by atoms with van der Waals surface area (Å²) in [5.41, 5.74) is 1.87. The molecule has 2 heteroatoms. The van der Waals surface area contributed by atoms with Crippen LogP contribution in [-0.2, 0) is 6.54 Å². The number of hydrogen-bond acceptors (Lipinski definition) is 1. The maximum atomic E-state index is 13.1. The summed E-state index contributed by atoms with van der Waals surface area (Å²) in [6.45, 7) is 9.25. The Labute approximate surface area is 98.1 Å². The van der Waals surface area contributed by atoms with Gasteiger partial charge in [-0.1, -0.05) is 32.9 Å². The maximum absolute atomic E-state index is 13.1. The van der Waals surface area contributed by atoms with Crippen LogP contribution in [0.1, 0.15) is 38.3 Å². The molecule has 90 valence electrons. The van der Waals surface area contributed by atoms with Crippen molar-refractivity contribution in [2.24, 2.45) is 5.92 Å². The first kappa shape index (κ1) is 13.2. The summed E-state index contributed by atoms with van der Waals surface area (Å²) < 4.78 is 13.1. The first-order valence-corrected chi connectivity index (χ1v) is 6.03. The summed E-state index contributed by atoms with van der Waals surface area (Å²) in [5, 5.41) is 3.51. The molecule has 0 saturated carbocycles. The van der Waals surface area contributed by atoms with Crippen molar-refractivity contribution in [3.63, 3.8) is 0 Å². The van der Waals surface area contributed by atoms with E-state index in [4.69, 9.17) is 0 Å². The number of hydrogen-bond donors (Lipinski definition) is 1. The molecule has 0 aliphatic heterocycles. The Balaban J connectivity index is 2.57. The Morgan fingerprint density at radius 2 is 2.00 bits per heavy atom. The van der Waals surface area contributed by atoms with Gasteiger partial charge in [0, 0.05) is 12.6 Å². The Hall–Kier alpha value is -0.890. The zero-order valence-electron chi connectivity index (χ0n) is 10.7. The minimum Gasteiger partial charge on any atom is -0.310 e. The number of nitrogens with one attached hydrogen (secondary N) is 1. The van der Waals surface area contributed by atoms with Crippen molar-refractivity contribution in [2.45, 2.75) is 46.7 Å². The van der Waals surface area contributed by atoms with E-state index in [-0.39, 0.29) is 5.82 Å². The van der Waals surface area contributed by atoms with E-state index in [1.807, 2.05) is 12.1 Å². The molecule has 0 aliphatic rings. The second kappa shape index (κ2) is 6.00. The first-order valence-electron chi connectivity index (χ1n) is 6.03. The van der Waals surface area contributed by atoms with Gasteiger partial charge in [0.05, 0.1) is 0 Å². The quantitative estimate of drug-likeness (QED) is 0.803. The monoisotopic (exact) mass is 223 g/mol. The van der Waals surface area contributed by atoms with Crippen molar-refractivity contribution in [2.75, 3.05) is 0 Å². The maximum Gasteiger partial charge on any atom is 0.126 e. The summed E-state index contributed by atoms with van der Waals surface area (Å²) in [7, 11) is 0. The van der Waals surface area contributed by atoms with Crippen LogP contribution >= 0.6 is 0 Å². The molecule has 0 aromatic heterocycles. The summed E-state index contributed by atoms with van der Waals surface area (Å²) in [4.78, 5) is 0. The smallest absolute Gasteiger partial charge is 0.126 e. The Kier molecular flexibility index (Phi) is 4.94. The Bertz CT molecular complexity index is 334. The summed E-state index contributed by atoms with van der Waals surface area (Å²) in [6.07, 6.45) is 1.12. The van der Waals surface area contributed by atoms with Crippen LogP contribution in [-0.4, -0.2) is 6.04 Å². The summed E-state index contributed by atoms with van der Waals surface area (Å²) in [5.74, 6) is 0.506. The summed E-state index contributed by atoms with van der Waals surface area (Å²) in [6, 6.07) is 5.84. The molecule has 16 heavy (non-hydrogen) atoms. The summed E-state index contributed by atoms with van der Waals surface area (Å²) >= 11 is 0. The van der Waals surface area contributed by atoms with Crippen molar-refractivity contribution < 1.29 is 4.39 Å². The highest BCUT2D eigenvalue weighted by Gasteiger charge is 2.09. The third-order valence-electron chi connectivity index (χ3n) is 3.04. The lowest BCUT2D eigenvalue weighted by molar-refractivity contribution is 0.387. The third-order valence-corrected chi connectivity index (χ3v) is 3.04. The molecule has 1 unspecified atom stereocenters. The highest BCUT2D eigenvalue weighted by atomic mass is 19.1. The van der Waals surface area contributed by atoms with E-state index in [9.17, 15) is 4.39 Å². The number of aryl methyl sites for hydroxylation is 1. The van der Waals surface area contributed by atoms with Crippen molar-refractivity contribution in [3.8, 4) is 0 Å². The highest BCUT2D eigenvalue weighted by Crippen LogP contribution is 2.11. The standard InChI is InChI=1S/C14H22FN/c1-5-14(10(2)3)16-9-12-6-7-13(15)11(4)8-12/h6-8,10,14,16H,5,9H2,1-4H3. The lowest BCUT2D eigenvalue weighted by atomic mass is 10.0. The molecule has 0 radical (unpaired) electrons. The first-order chi connectivity index (χ1) is 7.54. The predicted molar refractivity (Wildman–Crippen MR) is 66.9 cm³/mol. The minimum absolute atomic E-state index is 0.125. The van der Waals surface area contributed by atoms with Crippen LogP contribution < -0.4 is 5.32 Å². The van der Waals surface area contributed by atoms with Gasteiger partial charge in [0.15, 0.2) is 0 Å². The van der Waals surface area contributed by atoms with E-state index in [0.717, 1.165) is 24.1 Å². The predicted octanol–water partition coefficient (Wildman–Crippen LogP) is 3.66. The fraction of sp³-hybridized carbons (Fsp3) is 0.571. The molecule has 0 spiro atoms. The fourth-order valence-electron chi connectivity index (χ4n) is 1.92. The molecule has 0 fully saturated rings. The molecule has 1 atom stereocenters. The van der Waals surface area contributed by atoms with Gasteiger partial charge in [-0.15, -0.1) is 0 Å². The van der Waals surface area contributed by atoms with E-state index in [0.29, 0.717) is 12.0 Å². The van der Waals surface area contributed by atoms with Gasteiger partial charge in [-0.2, -0.15) is 0 Å². The van der Waals surface area contributed by atoms with Crippen LogP contribution in [0.4, 0.5) is 4.39 Å². The van der Waals surface area contributed by atoms with Crippen molar-refractivity contribution in [1.29, 1.82) is 0 Å². The van der Waals surface area contributed by atoms with E-state index in [1.54, 1.807) is 13.0 Å². The van der Waals surface area contributed by atoms with E-state index in [1.165, 1.54) is 0 Å². The van der Waals surface area contributed by atoms with Crippen LogP contribution in [0.3, 0.4) is 0 Å². The Morgan fingerprint density at radius 1 is 1.31 bits per heavy atom. The largest absolute Gasteiger partial charge is 0.310 e. The van der Waals surface area contributed by atoms with E-state index in [2.05, 4.69) is 26.1 Å². The number of halogens is 1. The van der Waals surface area contributed by atoms with Crippen LogP contribution in [0.15, 0.2) is 18.2 Å². The van der Waals surface area contributed by atoms with Crippen LogP contribution in [0.5, 0.6) is 0 Å². The van der Waals surface area contributed by atoms with Crippen LogP contribution in [0, 0.1) is 18.7 Å². The molecule has 1 N–H and O–H groups in total. The second-order valence-electron chi connectivity index (χ2n) is 4.72. The lowest BCUT2D eigenvalue weighted by Gasteiger charge is -2.20. The highest BCUT2D eigenvalue weighted by molar-refractivity contribution is 5.23. The second-order valence-corrected chi connectivity index (χ2v) is 4.72. The zero-order valence-corrected chi connectivity index (χ0v) is 10.7. The van der Waals surface area contributed by atoms with Gasteiger partial charge in [0.1, 0.15) is 5.82 Å². The van der Waals surface area contributed by atoms with Gasteiger partial charge >= 0.3 is 0 Å². The van der Waals surface area contributed by atoms with Crippen molar-refractivity contribution >= 4 is 0 Å². The average Bonchev–Trinajstić information content (AvgIpc) is 2.23. The molecule has 0 saturated heterocycles. The van der Waals surface area contributed by atoms with Gasteiger partial charge < -0.3 is 5.32 Å². The van der Waals surface area contributed by atoms with Gasteiger partial charge in [-0.25, -0.2) is 4.39 Å². The van der Waals surface area contributed by atoms with E-state index < -0.39 is 0 Å². The Morgan fingerprint density at radius 3 is 2.50 bits per heavy atom. The molecule has 0 aliphatic carbocycles. The minimum atomic E-state index is -0.125. The van der Waals surface area contributed by atoms with Gasteiger partial charge in [-0.3, -0.25) is 0 Å². The van der Waals surface area contributed by atoms with Crippen LogP contribution in [0.25, 0.3) is 0 Å². The molecule has 1 aromatic rings. The van der Waals surface area contributed by atoms with Crippen LogP contribution in [0.2, 0.25) is 0 Å². The molecular weight excluding hydrogens is 201 g/mol. The van der Waals surface area contributed by atoms with Gasteiger partial charge in [-0.05, 0) is 36.5 Å². The third kappa shape index (κ3) is 3.60. The van der Waals surface area contributed by atoms with Gasteiger partial charge in [0.2, 0.25) is 0 Å². The van der Waals surface area contributed by atoms with Crippen molar-refractivity contribution in [1.82, 2.24) is 5.32 Å². The van der Waals surface area contributed by atoms with Gasteiger partial charge in [0.25, 0.3) is 0 Å². The van der Waals surface area contributed by atoms with E-state index >= 15 is 0 Å². The lowest BCUT2D eigenvalue weighted by Crippen LogP contribution is -2.32. The topological polar surface area (TPSA) is 12.0 Å². The SMILES string of the molecule is CCC(NCc1ccc(F)c(C)c1)C(C)C. The van der Waals surface area contributed by atoms with Crippen molar-refractivity contribution in [3.05, 3.63) is 35.1 Å². The average molecular weight is 223 g/mol. The molecule has 0 heterocycles. The normalized spacial score (nSPS) is 13.1. The number of benzene rings is 1.